The predicted molar refractivity (Wildman–Crippen MR) is 87.5 cm³/mol. The van der Waals surface area contributed by atoms with Gasteiger partial charge in [-0.3, -0.25) is 9.52 Å². The fourth-order valence-electron chi connectivity index (χ4n) is 1.64. The van der Waals surface area contributed by atoms with E-state index in [1.807, 2.05) is 0 Å². The van der Waals surface area contributed by atoms with Gasteiger partial charge < -0.3 is 5.32 Å². The van der Waals surface area contributed by atoms with Gasteiger partial charge in [0.05, 0.1) is 4.90 Å². The Hall–Kier alpha value is -2.31. The van der Waals surface area contributed by atoms with Crippen LogP contribution in [0.15, 0.2) is 66.1 Å². The number of benzene rings is 2. The molecule has 0 spiro atoms. The Kier molecular flexibility index (Phi) is 4.85. The molecule has 0 radical (unpaired) electrons. The number of sulfonamides is 1. The molecule has 0 unspecified atom stereocenters. The maximum atomic E-state index is 12.2. The minimum atomic E-state index is -3.70. The lowest BCUT2D eigenvalue weighted by molar-refractivity contribution is -0.111. The van der Waals surface area contributed by atoms with Crippen molar-refractivity contribution in [2.75, 3.05) is 10.0 Å². The van der Waals surface area contributed by atoms with Crippen LogP contribution in [0.25, 0.3) is 0 Å². The average molecular weight is 337 g/mol. The summed E-state index contributed by atoms with van der Waals surface area (Å²) >= 11 is 5.75. The third-order valence-corrected chi connectivity index (χ3v) is 4.36. The lowest BCUT2D eigenvalue weighted by Gasteiger charge is -2.09. The van der Waals surface area contributed by atoms with Crippen molar-refractivity contribution in [2.24, 2.45) is 0 Å². The summed E-state index contributed by atoms with van der Waals surface area (Å²) in [6.07, 6.45) is 1.13. The highest BCUT2D eigenvalue weighted by Gasteiger charge is 2.14. The molecule has 0 heterocycles. The molecule has 0 aliphatic rings. The standard InChI is InChI=1S/C15H13ClN2O3S/c1-2-15(19)17-12-7-9-14(10-8-12)22(20,21)18-13-5-3-11(16)4-6-13/h2-10,18H,1H2,(H,17,19). The van der Waals surface area contributed by atoms with Crippen LogP contribution in [0.2, 0.25) is 5.02 Å². The largest absolute Gasteiger partial charge is 0.323 e. The van der Waals surface area contributed by atoms with Gasteiger partial charge >= 0.3 is 0 Å². The van der Waals surface area contributed by atoms with E-state index >= 15 is 0 Å². The van der Waals surface area contributed by atoms with Crippen molar-refractivity contribution in [3.05, 3.63) is 66.2 Å². The second kappa shape index (κ2) is 6.64. The zero-order valence-corrected chi connectivity index (χ0v) is 13.0. The van der Waals surface area contributed by atoms with Crippen LogP contribution in [0.5, 0.6) is 0 Å². The van der Waals surface area contributed by atoms with Gasteiger partial charge in [0.25, 0.3) is 10.0 Å². The number of halogens is 1. The van der Waals surface area contributed by atoms with Gasteiger partial charge in [-0.1, -0.05) is 18.2 Å². The van der Waals surface area contributed by atoms with Crippen LogP contribution >= 0.6 is 11.6 Å². The molecule has 0 aromatic heterocycles. The molecule has 2 N–H and O–H groups in total. The van der Waals surface area contributed by atoms with Gasteiger partial charge in [-0.05, 0) is 54.6 Å². The third-order valence-electron chi connectivity index (χ3n) is 2.71. The predicted octanol–water partition coefficient (Wildman–Crippen LogP) is 3.27. The number of hydrogen-bond acceptors (Lipinski definition) is 3. The summed E-state index contributed by atoms with van der Waals surface area (Å²) in [6.45, 7) is 3.34. The van der Waals surface area contributed by atoms with Crippen LogP contribution in [-0.2, 0) is 14.8 Å². The van der Waals surface area contributed by atoms with E-state index in [0.29, 0.717) is 16.4 Å². The first-order valence-corrected chi connectivity index (χ1v) is 8.09. The molecule has 2 rings (SSSR count). The van der Waals surface area contributed by atoms with Crippen molar-refractivity contribution in [2.45, 2.75) is 4.90 Å². The van der Waals surface area contributed by atoms with Crippen LogP contribution in [0.1, 0.15) is 0 Å². The number of carbonyl (C=O) groups excluding carboxylic acids is 1. The van der Waals surface area contributed by atoms with Crippen molar-refractivity contribution in [1.29, 1.82) is 0 Å². The van der Waals surface area contributed by atoms with Crippen LogP contribution in [-0.4, -0.2) is 14.3 Å². The van der Waals surface area contributed by atoms with Crippen molar-refractivity contribution in [3.8, 4) is 0 Å². The molecule has 22 heavy (non-hydrogen) atoms. The fraction of sp³-hybridized carbons (Fsp3) is 0. The van der Waals surface area contributed by atoms with Crippen LogP contribution in [0, 0.1) is 0 Å². The number of hydrogen-bond donors (Lipinski definition) is 2. The monoisotopic (exact) mass is 336 g/mol. The van der Waals surface area contributed by atoms with E-state index in [-0.39, 0.29) is 10.8 Å². The fourth-order valence-corrected chi connectivity index (χ4v) is 2.83. The van der Waals surface area contributed by atoms with Gasteiger partial charge in [0.1, 0.15) is 0 Å². The van der Waals surface area contributed by atoms with Crippen molar-refractivity contribution in [3.63, 3.8) is 0 Å². The summed E-state index contributed by atoms with van der Waals surface area (Å²) < 4.78 is 26.9. The quantitative estimate of drug-likeness (QED) is 0.823. The second-order valence-electron chi connectivity index (χ2n) is 4.33. The van der Waals surface area contributed by atoms with Gasteiger partial charge in [0.15, 0.2) is 0 Å². The highest BCUT2D eigenvalue weighted by atomic mass is 35.5. The minimum absolute atomic E-state index is 0.0825. The van der Waals surface area contributed by atoms with Gasteiger partial charge in [-0.25, -0.2) is 8.42 Å². The molecule has 5 nitrogen and oxygen atoms in total. The normalized spacial score (nSPS) is 10.8. The van der Waals surface area contributed by atoms with Gasteiger partial charge in [-0.15, -0.1) is 0 Å². The number of nitrogens with one attached hydrogen (secondary N) is 2. The molecule has 0 saturated carbocycles. The van der Waals surface area contributed by atoms with Crippen LogP contribution in [0.3, 0.4) is 0 Å². The van der Waals surface area contributed by atoms with Crippen molar-refractivity contribution < 1.29 is 13.2 Å². The number of amides is 1. The molecule has 2 aromatic carbocycles. The number of rotatable bonds is 5. The van der Waals surface area contributed by atoms with E-state index in [1.165, 1.54) is 24.3 Å². The van der Waals surface area contributed by atoms with Gasteiger partial charge in [0.2, 0.25) is 5.91 Å². The Morgan fingerprint density at radius 2 is 1.55 bits per heavy atom. The Labute approximate surface area is 133 Å². The zero-order chi connectivity index (χ0) is 16.2. The Morgan fingerprint density at radius 1 is 1.00 bits per heavy atom. The summed E-state index contributed by atoms with van der Waals surface area (Å²) in [4.78, 5) is 11.2. The Bertz CT molecular complexity index is 785. The summed E-state index contributed by atoms with van der Waals surface area (Å²) in [5, 5.41) is 3.06. The Morgan fingerprint density at radius 3 is 2.09 bits per heavy atom. The van der Waals surface area contributed by atoms with E-state index in [9.17, 15) is 13.2 Å². The van der Waals surface area contributed by atoms with E-state index < -0.39 is 10.0 Å². The molecule has 114 valence electrons. The molecule has 0 aliphatic carbocycles. The summed E-state index contributed by atoms with van der Waals surface area (Å²) in [7, 11) is -3.70. The molecule has 1 amide bonds. The molecule has 2 aromatic rings. The van der Waals surface area contributed by atoms with E-state index in [1.54, 1.807) is 24.3 Å². The molecule has 0 fully saturated rings. The molecular formula is C15H13ClN2O3S. The van der Waals surface area contributed by atoms with E-state index in [2.05, 4.69) is 16.6 Å². The number of anilines is 2. The lowest BCUT2D eigenvalue weighted by atomic mass is 10.3. The molecule has 0 bridgehead atoms. The third kappa shape index (κ3) is 4.09. The SMILES string of the molecule is C=CC(=O)Nc1ccc(S(=O)(=O)Nc2ccc(Cl)cc2)cc1. The average Bonchev–Trinajstić information content (AvgIpc) is 2.50. The highest BCUT2D eigenvalue weighted by molar-refractivity contribution is 7.92. The second-order valence-corrected chi connectivity index (χ2v) is 6.45. The minimum Gasteiger partial charge on any atom is -0.323 e. The first-order valence-electron chi connectivity index (χ1n) is 6.22. The van der Waals surface area contributed by atoms with Crippen molar-refractivity contribution >= 4 is 38.9 Å². The Balaban J connectivity index is 2.17. The van der Waals surface area contributed by atoms with Gasteiger partial charge in [0, 0.05) is 16.4 Å². The maximum absolute atomic E-state index is 12.2. The first kappa shape index (κ1) is 16.1. The summed E-state index contributed by atoms with van der Waals surface area (Å²) in [5.41, 5.74) is 0.892. The molecule has 0 aliphatic heterocycles. The number of carbonyl (C=O) groups is 1. The zero-order valence-electron chi connectivity index (χ0n) is 11.4. The molecule has 0 atom stereocenters. The highest BCUT2D eigenvalue weighted by Crippen LogP contribution is 2.19. The van der Waals surface area contributed by atoms with E-state index in [4.69, 9.17) is 11.6 Å². The van der Waals surface area contributed by atoms with E-state index in [0.717, 1.165) is 6.08 Å². The van der Waals surface area contributed by atoms with Gasteiger partial charge in [-0.2, -0.15) is 0 Å². The first-order chi connectivity index (χ1) is 10.4. The summed E-state index contributed by atoms with van der Waals surface area (Å²) in [6, 6.07) is 12.1. The maximum Gasteiger partial charge on any atom is 0.261 e. The summed E-state index contributed by atoms with van der Waals surface area (Å²) in [5.74, 6) is -0.366. The smallest absolute Gasteiger partial charge is 0.261 e. The van der Waals surface area contributed by atoms with Crippen LogP contribution in [0.4, 0.5) is 11.4 Å². The molecular weight excluding hydrogens is 324 g/mol. The van der Waals surface area contributed by atoms with Crippen LogP contribution < -0.4 is 10.0 Å². The molecule has 0 saturated heterocycles. The lowest BCUT2D eigenvalue weighted by Crippen LogP contribution is -2.13. The van der Waals surface area contributed by atoms with Crippen molar-refractivity contribution in [1.82, 2.24) is 0 Å². The molecule has 7 heteroatoms. The topological polar surface area (TPSA) is 75.3 Å².